The molecule has 1 atom stereocenters. The van der Waals surface area contributed by atoms with Crippen LogP contribution in [0.5, 0.6) is 0 Å². The minimum Gasteiger partial charge on any atom is -0.335 e. The fraction of sp³-hybridized carbons (Fsp3) is 0.750. The highest BCUT2D eigenvalue weighted by molar-refractivity contribution is 7.09. The first-order valence-electron chi connectivity index (χ1n) is 8.09. The third-order valence-corrected chi connectivity index (χ3v) is 4.54. The molecule has 22 heavy (non-hydrogen) atoms. The molecule has 4 nitrogen and oxygen atoms in total. The summed E-state index contributed by atoms with van der Waals surface area (Å²) in [6, 6.07) is 0.277. The van der Waals surface area contributed by atoms with Crippen molar-refractivity contribution in [1.29, 1.82) is 0 Å². The fourth-order valence-corrected chi connectivity index (χ4v) is 3.21. The highest BCUT2D eigenvalue weighted by Crippen LogP contribution is 2.16. The van der Waals surface area contributed by atoms with E-state index in [9.17, 15) is 4.79 Å². The SMILES string of the molecule is CCCCCN(C(=O)c1csc(CCN)n1)C(C)CCC.Cl. The van der Waals surface area contributed by atoms with Crippen molar-refractivity contribution >= 4 is 29.7 Å². The Balaban J connectivity index is 0.00000441. The monoisotopic (exact) mass is 347 g/mol. The summed E-state index contributed by atoms with van der Waals surface area (Å²) in [6.07, 6.45) is 6.28. The van der Waals surface area contributed by atoms with E-state index in [1.54, 1.807) is 0 Å². The number of rotatable bonds is 10. The third kappa shape index (κ3) is 6.63. The van der Waals surface area contributed by atoms with Crippen LogP contribution >= 0.6 is 23.7 Å². The van der Waals surface area contributed by atoms with Crippen LogP contribution in [0.2, 0.25) is 0 Å². The molecule has 0 aliphatic carbocycles. The average molecular weight is 348 g/mol. The Hall–Kier alpha value is -0.650. The molecular formula is C16H30ClN3OS. The zero-order valence-electron chi connectivity index (χ0n) is 14.0. The van der Waals surface area contributed by atoms with Crippen molar-refractivity contribution in [3.05, 3.63) is 16.1 Å². The first-order valence-corrected chi connectivity index (χ1v) is 8.97. The number of hydrogen-bond donors (Lipinski definition) is 1. The van der Waals surface area contributed by atoms with Crippen LogP contribution in [0.25, 0.3) is 0 Å². The zero-order chi connectivity index (χ0) is 15.7. The summed E-state index contributed by atoms with van der Waals surface area (Å²) in [7, 11) is 0. The molecule has 0 spiro atoms. The molecule has 128 valence electrons. The Morgan fingerprint density at radius 3 is 2.68 bits per heavy atom. The summed E-state index contributed by atoms with van der Waals surface area (Å²) in [5.74, 6) is 0.0755. The number of carbonyl (C=O) groups is 1. The average Bonchev–Trinajstić information content (AvgIpc) is 2.92. The number of carbonyl (C=O) groups excluding carboxylic acids is 1. The van der Waals surface area contributed by atoms with Gasteiger partial charge in [-0.3, -0.25) is 4.79 Å². The van der Waals surface area contributed by atoms with Crippen LogP contribution in [0, 0.1) is 0 Å². The second-order valence-electron chi connectivity index (χ2n) is 5.51. The zero-order valence-corrected chi connectivity index (χ0v) is 15.6. The molecule has 1 aromatic rings. The number of amides is 1. The van der Waals surface area contributed by atoms with E-state index in [2.05, 4.69) is 25.8 Å². The van der Waals surface area contributed by atoms with E-state index >= 15 is 0 Å². The summed E-state index contributed by atoms with van der Waals surface area (Å²) in [5.41, 5.74) is 6.13. The molecule has 0 saturated carbocycles. The molecule has 6 heteroatoms. The van der Waals surface area contributed by atoms with Crippen LogP contribution in [-0.2, 0) is 6.42 Å². The Bertz CT molecular complexity index is 425. The molecule has 0 aliphatic rings. The van der Waals surface area contributed by atoms with Gasteiger partial charge in [0.05, 0.1) is 5.01 Å². The van der Waals surface area contributed by atoms with Crippen LogP contribution in [0.4, 0.5) is 0 Å². The Kier molecular flexibility index (Phi) is 11.5. The van der Waals surface area contributed by atoms with E-state index in [4.69, 9.17) is 5.73 Å². The van der Waals surface area contributed by atoms with Gasteiger partial charge in [-0.1, -0.05) is 33.1 Å². The van der Waals surface area contributed by atoms with E-state index in [-0.39, 0.29) is 24.4 Å². The molecule has 1 unspecified atom stereocenters. The van der Waals surface area contributed by atoms with Gasteiger partial charge >= 0.3 is 0 Å². The lowest BCUT2D eigenvalue weighted by Crippen LogP contribution is -2.39. The molecule has 0 bridgehead atoms. The maximum Gasteiger partial charge on any atom is 0.273 e. The second kappa shape index (κ2) is 11.9. The van der Waals surface area contributed by atoms with Gasteiger partial charge in [0.25, 0.3) is 5.91 Å². The number of nitrogens with two attached hydrogens (primary N) is 1. The maximum absolute atomic E-state index is 12.7. The third-order valence-electron chi connectivity index (χ3n) is 3.63. The quantitative estimate of drug-likeness (QED) is 0.653. The van der Waals surface area contributed by atoms with Crippen LogP contribution < -0.4 is 5.73 Å². The number of nitrogens with zero attached hydrogens (tertiary/aromatic N) is 2. The van der Waals surface area contributed by atoms with Crippen LogP contribution in [-0.4, -0.2) is 34.9 Å². The largest absolute Gasteiger partial charge is 0.335 e. The molecule has 1 heterocycles. The van der Waals surface area contributed by atoms with Gasteiger partial charge in [0.15, 0.2) is 0 Å². The van der Waals surface area contributed by atoms with Crippen molar-refractivity contribution in [3.8, 4) is 0 Å². The molecular weight excluding hydrogens is 318 g/mol. The summed E-state index contributed by atoms with van der Waals surface area (Å²) in [5, 5.41) is 2.83. The van der Waals surface area contributed by atoms with Gasteiger partial charge in [-0.15, -0.1) is 23.7 Å². The molecule has 0 saturated heterocycles. The van der Waals surface area contributed by atoms with Crippen molar-refractivity contribution < 1.29 is 4.79 Å². The first kappa shape index (κ1) is 21.4. The van der Waals surface area contributed by atoms with Gasteiger partial charge in [-0.25, -0.2) is 4.98 Å². The van der Waals surface area contributed by atoms with E-state index < -0.39 is 0 Å². The molecule has 0 radical (unpaired) electrons. The van der Waals surface area contributed by atoms with E-state index in [0.717, 1.165) is 43.7 Å². The number of unbranched alkanes of at least 4 members (excludes halogenated alkanes) is 2. The highest BCUT2D eigenvalue weighted by Gasteiger charge is 2.22. The first-order chi connectivity index (χ1) is 10.1. The second-order valence-corrected chi connectivity index (χ2v) is 6.45. The Labute approximate surface area is 144 Å². The lowest BCUT2D eigenvalue weighted by Gasteiger charge is -2.28. The van der Waals surface area contributed by atoms with Gasteiger partial charge in [0.1, 0.15) is 5.69 Å². The van der Waals surface area contributed by atoms with Crippen LogP contribution in [0.15, 0.2) is 5.38 Å². The predicted octanol–water partition coefficient (Wildman–Crippen LogP) is 3.89. The van der Waals surface area contributed by atoms with Crippen molar-refractivity contribution in [2.45, 2.75) is 65.3 Å². The predicted molar refractivity (Wildman–Crippen MR) is 97.1 cm³/mol. The van der Waals surface area contributed by atoms with Crippen molar-refractivity contribution in [1.82, 2.24) is 9.88 Å². The summed E-state index contributed by atoms with van der Waals surface area (Å²) in [4.78, 5) is 19.2. The van der Waals surface area contributed by atoms with Gasteiger partial charge < -0.3 is 10.6 Å². The topological polar surface area (TPSA) is 59.2 Å². The van der Waals surface area contributed by atoms with Gasteiger partial charge in [-0.2, -0.15) is 0 Å². The van der Waals surface area contributed by atoms with Crippen LogP contribution in [0.1, 0.15) is 68.4 Å². The molecule has 1 aromatic heterocycles. The number of halogens is 1. The van der Waals surface area contributed by atoms with Crippen molar-refractivity contribution in [2.24, 2.45) is 5.73 Å². The number of aromatic nitrogens is 1. The van der Waals surface area contributed by atoms with E-state index in [1.165, 1.54) is 17.8 Å². The standard InChI is InChI=1S/C16H29N3OS.ClH/c1-4-6-7-11-19(13(3)8-5-2)16(20)14-12-21-15(18-14)9-10-17;/h12-13H,4-11,17H2,1-3H3;1H. The summed E-state index contributed by atoms with van der Waals surface area (Å²) >= 11 is 1.53. The minimum absolute atomic E-state index is 0. The molecule has 0 fully saturated rings. The highest BCUT2D eigenvalue weighted by atomic mass is 35.5. The van der Waals surface area contributed by atoms with E-state index in [1.807, 2.05) is 10.3 Å². The summed E-state index contributed by atoms with van der Waals surface area (Å²) in [6.45, 7) is 7.89. The Morgan fingerprint density at radius 2 is 2.09 bits per heavy atom. The van der Waals surface area contributed by atoms with Gasteiger partial charge in [0, 0.05) is 24.4 Å². The maximum atomic E-state index is 12.7. The normalized spacial score (nSPS) is 11.8. The van der Waals surface area contributed by atoms with Crippen LogP contribution in [0.3, 0.4) is 0 Å². The Morgan fingerprint density at radius 1 is 1.36 bits per heavy atom. The lowest BCUT2D eigenvalue weighted by atomic mass is 10.1. The number of hydrogen-bond acceptors (Lipinski definition) is 4. The van der Waals surface area contributed by atoms with Gasteiger partial charge in [-0.05, 0) is 26.3 Å². The molecule has 1 amide bonds. The number of thiazole rings is 1. The molecule has 0 aliphatic heterocycles. The molecule has 1 rings (SSSR count). The molecule has 0 aromatic carbocycles. The fourth-order valence-electron chi connectivity index (χ4n) is 2.42. The smallest absolute Gasteiger partial charge is 0.273 e. The van der Waals surface area contributed by atoms with E-state index in [0.29, 0.717) is 12.2 Å². The van der Waals surface area contributed by atoms with Crippen molar-refractivity contribution in [2.75, 3.05) is 13.1 Å². The summed E-state index contributed by atoms with van der Waals surface area (Å²) < 4.78 is 0. The lowest BCUT2D eigenvalue weighted by molar-refractivity contribution is 0.0674. The van der Waals surface area contributed by atoms with Gasteiger partial charge in [0.2, 0.25) is 0 Å². The van der Waals surface area contributed by atoms with Crippen molar-refractivity contribution in [3.63, 3.8) is 0 Å². The minimum atomic E-state index is 0. The molecule has 2 N–H and O–H groups in total.